The van der Waals surface area contributed by atoms with Crippen LogP contribution < -0.4 is 19.5 Å². The average molecular weight is 414 g/mol. The monoisotopic (exact) mass is 414 g/mol. The minimum Gasteiger partial charge on any atom is -0.486 e. The predicted molar refractivity (Wildman–Crippen MR) is 108 cm³/mol. The van der Waals surface area contributed by atoms with Crippen LogP contribution in [-0.2, 0) is 10.0 Å². The van der Waals surface area contributed by atoms with Gasteiger partial charge in [0, 0.05) is 5.56 Å². The maximum Gasteiger partial charge on any atom is 0.251 e. The van der Waals surface area contributed by atoms with E-state index in [0.29, 0.717) is 36.7 Å². The van der Waals surface area contributed by atoms with E-state index in [1.165, 1.54) is 24.3 Å². The largest absolute Gasteiger partial charge is 0.486 e. The highest BCUT2D eigenvalue weighted by Crippen LogP contribution is 2.33. The van der Waals surface area contributed by atoms with Crippen molar-refractivity contribution >= 4 is 15.9 Å². The molecule has 0 radical (unpaired) electrons. The molecule has 1 heterocycles. The van der Waals surface area contributed by atoms with E-state index < -0.39 is 10.0 Å². The lowest BCUT2D eigenvalue weighted by Crippen LogP contribution is -2.28. The number of amides is 1. The molecule has 0 fully saturated rings. The van der Waals surface area contributed by atoms with Crippen molar-refractivity contribution in [3.8, 4) is 23.8 Å². The second-order valence-electron chi connectivity index (χ2n) is 6.39. The summed E-state index contributed by atoms with van der Waals surface area (Å²) in [6, 6.07) is 11.1. The van der Waals surface area contributed by atoms with Gasteiger partial charge in [-0.3, -0.25) is 4.79 Å². The van der Waals surface area contributed by atoms with E-state index in [1.807, 2.05) is 25.1 Å². The lowest BCUT2D eigenvalue weighted by Gasteiger charge is -2.22. The number of rotatable bonds is 7. The number of hydrogen-bond donors (Lipinski definition) is 2. The van der Waals surface area contributed by atoms with Gasteiger partial charge in [-0.1, -0.05) is 18.9 Å². The molecule has 1 atom stereocenters. The van der Waals surface area contributed by atoms with Crippen LogP contribution in [0.2, 0.25) is 0 Å². The van der Waals surface area contributed by atoms with Crippen molar-refractivity contribution in [2.45, 2.75) is 24.3 Å². The van der Waals surface area contributed by atoms with E-state index >= 15 is 0 Å². The summed E-state index contributed by atoms with van der Waals surface area (Å²) in [5, 5.41) is 2.97. The molecule has 0 spiro atoms. The number of carbonyl (C=O) groups excluding carboxylic acids is 1. The van der Waals surface area contributed by atoms with Gasteiger partial charge in [0.05, 0.1) is 17.5 Å². The van der Waals surface area contributed by atoms with Crippen LogP contribution in [0.4, 0.5) is 0 Å². The fourth-order valence-electron chi connectivity index (χ4n) is 2.94. The van der Waals surface area contributed by atoms with Gasteiger partial charge in [0.1, 0.15) is 13.2 Å². The molecule has 2 aromatic rings. The quantitative estimate of drug-likeness (QED) is 0.678. The molecule has 0 saturated carbocycles. The minimum atomic E-state index is -3.69. The molecular weight excluding hydrogens is 392 g/mol. The summed E-state index contributed by atoms with van der Waals surface area (Å²) in [5.74, 6) is 3.27. The van der Waals surface area contributed by atoms with E-state index in [-0.39, 0.29) is 23.4 Å². The number of terminal acetylenes is 1. The van der Waals surface area contributed by atoms with Crippen molar-refractivity contribution in [3.05, 3.63) is 53.6 Å². The van der Waals surface area contributed by atoms with E-state index in [4.69, 9.17) is 15.9 Å². The molecule has 2 aromatic carbocycles. The van der Waals surface area contributed by atoms with Gasteiger partial charge in [-0.2, -0.15) is 4.72 Å². The molecule has 1 unspecified atom stereocenters. The lowest BCUT2D eigenvalue weighted by atomic mass is 10.0. The molecule has 2 N–H and O–H groups in total. The summed E-state index contributed by atoms with van der Waals surface area (Å²) in [6.45, 7) is 2.88. The fraction of sp³-hybridized carbons (Fsp3) is 0.286. The maximum absolute atomic E-state index is 12.7. The number of carbonyl (C=O) groups is 1. The van der Waals surface area contributed by atoms with E-state index in [2.05, 4.69) is 16.0 Å². The Kier molecular flexibility index (Phi) is 6.42. The van der Waals surface area contributed by atoms with Crippen LogP contribution in [0.1, 0.15) is 35.3 Å². The number of sulfonamides is 1. The minimum absolute atomic E-state index is 0.0446. The number of hydrogen-bond acceptors (Lipinski definition) is 5. The molecule has 1 aliphatic heterocycles. The van der Waals surface area contributed by atoms with Crippen LogP contribution >= 0.6 is 0 Å². The molecule has 8 heteroatoms. The van der Waals surface area contributed by atoms with Gasteiger partial charge in [-0.05, 0) is 48.4 Å². The highest BCUT2D eigenvalue weighted by atomic mass is 32.2. The molecule has 1 amide bonds. The third-order valence-electron chi connectivity index (χ3n) is 4.47. The highest BCUT2D eigenvalue weighted by Gasteiger charge is 2.19. The van der Waals surface area contributed by atoms with Gasteiger partial charge >= 0.3 is 0 Å². The number of benzene rings is 2. The van der Waals surface area contributed by atoms with Gasteiger partial charge in [0.2, 0.25) is 10.0 Å². The standard InChI is InChI=1S/C21H22N2O5S/c1-3-11-22-29(25,26)17-8-5-15(6-9-17)21(24)23-18(4-2)16-7-10-19-20(14-16)28-13-12-27-19/h1,5-10,14,18,22H,4,11-13H2,2H3,(H,23,24). The Morgan fingerprint density at radius 1 is 1.14 bits per heavy atom. The van der Waals surface area contributed by atoms with Gasteiger partial charge in [-0.25, -0.2) is 8.42 Å². The Hall–Kier alpha value is -3.02. The van der Waals surface area contributed by atoms with Crippen molar-refractivity contribution in [2.75, 3.05) is 19.8 Å². The molecule has 152 valence electrons. The van der Waals surface area contributed by atoms with E-state index in [0.717, 1.165) is 5.56 Å². The normalized spacial score (nSPS) is 13.9. The molecule has 0 bridgehead atoms. The molecule has 29 heavy (non-hydrogen) atoms. The van der Waals surface area contributed by atoms with Crippen molar-refractivity contribution in [3.63, 3.8) is 0 Å². The van der Waals surface area contributed by atoms with Crippen LogP contribution in [-0.4, -0.2) is 34.1 Å². The van der Waals surface area contributed by atoms with Crippen LogP contribution in [0, 0.1) is 12.3 Å². The zero-order chi connectivity index (χ0) is 20.9. The molecule has 3 rings (SSSR count). The van der Waals surface area contributed by atoms with Gasteiger partial charge in [-0.15, -0.1) is 6.42 Å². The first-order chi connectivity index (χ1) is 13.9. The fourth-order valence-corrected chi connectivity index (χ4v) is 3.88. The molecular formula is C21H22N2O5S. The van der Waals surface area contributed by atoms with Crippen LogP contribution in [0.3, 0.4) is 0 Å². The summed E-state index contributed by atoms with van der Waals surface area (Å²) in [5.41, 5.74) is 1.26. The number of nitrogens with one attached hydrogen (secondary N) is 2. The van der Waals surface area contributed by atoms with Crippen molar-refractivity contribution in [1.29, 1.82) is 0 Å². The molecule has 0 aromatic heterocycles. The smallest absolute Gasteiger partial charge is 0.251 e. The second-order valence-corrected chi connectivity index (χ2v) is 8.16. The summed E-state index contributed by atoms with van der Waals surface area (Å²) in [7, 11) is -3.69. The number of fused-ring (bicyclic) bond motifs is 1. The zero-order valence-electron chi connectivity index (χ0n) is 16.0. The molecule has 7 nitrogen and oxygen atoms in total. The highest BCUT2D eigenvalue weighted by molar-refractivity contribution is 7.89. The van der Waals surface area contributed by atoms with Crippen molar-refractivity contribution in [2.24, 2.45) is 0 Å². The topological polar surface area (TPSA) is 93.7 Å². The second kappa shape index (κ2) is 8.99. The van der Waals surface area contributed by atoms with Gasteiger partial charge in [0.25, 0.3) is 5.91 Å². The Bertz CT molecular complexity index is 1030. The Morgan fingerprint density at radius 2 is 1.83 bits per heavy atom. The Morgan fingerprint density at radius 3 is 2.48 bits per heavy atom. The first kappa shape index (κ1) is 20.7. The molecule has 1 aliphatic rings. The first-order valence-electron chi connectivity index (χ1n) is 9.18. The summed E-state index contributed by atoms with van der Waals surface area (Å²) < 4.78 is 37.6. The van der Waals surface area contributed by atoms with Crippen LogP contribution in [0.5, 0.6) is 11.5 Å². The summed E-state index contributed by atoms with van der Waals surface area (Å²) in [4.78, 5) is 12.7. The molecule has 0 aliphatic carbocycles. The Balaban J connectivity index is 1.72. The first-order valence-corrected chi connectivity index (χ1v) is 10.7. The van der Waals surface area contributed by atoms with Gasteiger partial charge < -0.3 is 14.8 Å². The SMILES string of the molecule is C#CCNS(=O)(=O)c1ccc(C(=O)NC(CC)c2ccc3c(c2)OCCO3)cc1. The maximum atomic E-state index is 12.7. The van der Waals surface area contributed by atoms with E-state index in [1.54, 1.807) is 0 Å². The van der Waals surface area contributed by atoms with E-state index in [9.17, 15) is 13.2 Å². The van der Waals surface area contributed by atoms with Gasteiger partial charge in [0.15, 0.2) is 11.5 Å². The third-order valence-corrected chi connectivity index (χ3v) is 5.89. The zero-order valence-corrected chi connectivity index (χ0v) is 16.8. The van der Waals surface area contributed by atoms with Crippen LogP contribution in [0.15, 0.2) is 47.4 Å². The average Bonchev–Trinajstić information content (AvgIpc) is 2.75. The third kappa shape index (κ3) is 4.88. The lowest BCUT2D eigenvalue weighted by molar-refractivity contribution is 0.0935. The summed E-state index contributed by atoms with van der Waals surface area (Å²) in [6.07, 6.45) is 5.75. The molecule has 0 saturated heterocycles. The Labute approximate surface area is 170 Å². The van der Waals surface area contributed by atoms with Crippen molar-refractivity contribution < 1.29 is 22.7 Å². The predicted octanol–water partition coefficient (Wildman–Crippen LogP) is 2.25. The summed E-state index contributed by atoms with van der Waals surface area (Å²) >= 11 is 0. The van der Waals surface area contributed by atoms with Crippen LogP contribution in [0.25, 0.3) is 0 Å². The number of ether oxygens (including phenoxy) is 2. The van der Waals surface area contributed by atoms with Crippen molar-refractivity contribution in [1.82, 2.24) is 10.0 Å².